The average Bonchev–Trinajstić information content (AvgIpc) is 0.917. The van der Waals surface area contributed by atoms with Crippen LogP contribution in [0.5, 0.6) is 0 Å². The maximum absolute atomic E-state index is 13.1. The molecule has 102 heavy (non-hydrogen) atoms. The zero-order chi connectivity index (χ0) is 74.6. The number of aliphatic hydroxyl groups is 1. The molecule has 0 bridgehead atoms. The van der Waals surface area contributed by atoms with Crippen LogP contribution in [0.4, 0.5) is 0 Å². The Kier molecular flexibility index (Phi) is 72.3. The van der Waals surface area contributed by atoms with Crippen molar-refractivity contribution in [3.05, 3.63) is 97.2 Å². The fraction of sp³-hybridized carbons (Fsp3) is 0.759. The van der Waals surface area contributed by atoms with Crippen LogP contribution in [0.25, 0.3) is 0 Å². The molecule has 0 radical (unpaired) electrons. The van der Waals surface area contributed by atoms with E-state index in [0.29, 0.717) is 32.1 Å². The molecule has 0 rings (SSSR count). The van der Waals surface area contributed by atoms with Crippen LogP contribution in [-0.2, 0) is 65.4 Å². The second kappa shape index (κ2) is 75.2. The Labute approximate surface area is 620 Å². The normalized spacial score (nSPS) is 14.4. The lowest BCUT2D eigenvalue weighted by Crippen LogP contribution is -2.30. The summed E-state index contributed by atoms with van der Waals surface area (Å²) in [7, 11) is -9.98. The molecule has 590 valence electrons. The van der Waals surface area contributed by atoms with Gasteiger partial charge in [-0.1, -0.05) is 273 Å². The molecule has 17 nitrogen and oxygen atoms in total. The quantitative estimate of drug-likeness (QED) is 0.0169. The first kappa shape index (κ1) is 98.0. The number of unbranched alkanes of at least 4 members (excludes halogenated alkanes) is 34. The Bertz CT molecular complexity index is 2310. The van der Waals surface area contributed by atoms with Gasteiger partial charge in [-0.3, -0.25) is 37.3 Å². The summed E-state index contributed by atoms with van der Waals surface area (Å²) >= 11 is 0. The van der Waals surface area contributed by atoms with Crippen molar-refractivity contribution >= 4 is 39.5 Å². The van der Waals surface area contributed by atoms with Gasteiger partial charge < -0.3 is 33.8 Å². The van der Waals surface area contributed by atoms with Gasteiger partial charge in [-0.05, 0) is 148 Å². The molecule has 0 aromatic heterocycles. The molecule has 3 N–H and O–H groups in total. The van der Waals surface area contributed by atoms with Crippen LogP contribution in [0.3, 0.4) is 0 Å². The van der Waals surface area contributed by atoms with Crippen molar-refractivity contribution < 1.29 is 80.2 Å². The molecular formula is C83H146O17P2. The Morgan fingerprint density at radius 3 is 0.804 bits per heavy atom. The molecule has 0 amide bonds. The van der Waals surface area contributed by atoms with Gasteiger partial charge >= 0.3 is 39.5 Å². The Balaban J connectivity index is 5.42. The fourth-order valence-electron chi connectivity index (χ4n) is 10.8. The van der Waals surface area contributed by atoms with Crippen molar-refractivity contribution in [2.24, 2.45) is 0 Å². The van der Waals surface area contributed by atoms with E-state index in [-0.39, 0.29) is 25.7 Å². The molecule has 0 aliphatic carbocycles. The monoisotopic (exact) mass is 1480 g/mol. The van der Waals surface area contributed by atoms with E-state index in [4.69, 9.17) is 37.0 Å². The standard InChI is InChI=1S/C83H146O17P2/c1-5-9-13-17-21-25-29-33-37-38-42-46-50-54-58-62-66-70-83(88)100-79(74-94-81(86)68-64-60-56-52-48-44-40-35-31-27-23-19-15-11-7-3)76-98-102(91,92)96-72-77(84)71-95-101(89,90)97-75-78(99-82(87)69-65-61-57-53-49-45-41-36-32-28-24-20-16-12-8-4)73-93-80(85)67-63-59-55-51-47-43-39-34-30-26-22-18-14-10-6-2/h21-22,25-26,33-37,39-42,46,54,58,77-79,84H,5-20,23-24,27-32,38,43-45,47-53,55-57,59-76H2,1-4H3,(H,89,90)(H,91,92)/b25-21-,26-22-,37-33-,39-34-,40-35-,41-36-,46-42-,58-54-/t77-,78+,79+/m0/s1. The van der Waals surface area contributed by atoms with Crippen molar-refractivity contribution in [2.45, 2.75) is 367 Å². The van der Waals surface area contributed by atoms with Gasteiger partial charge in [0, 0.05) is 25.7 Å². The van der Waals surface area contributed by atoms with E-state index in [1.165, 1.54) is 116 Å². The summed E-state index contributed by atoms with van der Waals surface area (Å²) in [6.45, 7) is 4.75. The predicted octanol–water partition coefficient (Wildman–Crippen LogP) is 23.6. The number of carbonyl (C=O) groups excluding carboxylic acids is 4. The third-order valence-corrected chi connectivity index (χ3v) is 18.9. The lowest BCUT2D eigenvalue weighted by molar-refractivity contribution is -0.161. The van der Waals surface area contributed by atoms with Crippen molar-refractivity contribution in [1.29, 1.82) is 0 Å². The number of phosphoric ester groups is 2. The number of ether oxygens (including phenoxy) is 4. The summed E-state index contributed by atoms with van der Waals surface area (Å²) in [6.07, 6.45) is 79.6. The van der Waals surface area contributed by atoms with E-state index in [1.807, 2.05) is 12.2 Å². The molecule has 0 aliphatic heterocycles. The van der Waals surface area contributed by atoms with Gasteiger partial charge in [-0.25, -0.2) is 9.13 Å². The maximum Gasteiger partial charge on any atom is 0.472 e. The minimum absolute atomic E-state index is 0.0178. The molecule has 5 atom stereocenters. The number of allylic oxidation sites excluding steroid dienone is 16. The largest absolute Gasteiger partial charge is 0.472 e. The van der Waals surface area contributed by atoms with Crippen molar-refractivity contribution in [1.82, 2.24) is 0 Å². The van der Waals surface area contributed by atoms with E-state index >= 15 is 0 Å². The van der Waals surface area contributed by atoms with Gasteiger partial charge in [0.1, 0.15) is 19.3 Å². The Morgan fingerprint density at radius 2 is 0.490 bits per heavy atom. The zero-order valence-corrected chi connectivity index (χ0v) is 66.3. The van der Waals surface area contributed by atoms with E-state index in [2.05, 4.69) is 113 Å². The molecular weight excluding hydrogens is 1330 g/mol. The summed E-state index contributed by atoms with van der Waals surface area (Å²) in [5.74, 6) is -2.26. The van der Waals surface area contributed by atoms with Gasteiger partial charge in [-0.2, -0.15) is 0 Å². The van der Waals surface area contributed by atoms with Gasteiger partial charge in [0.25, 0.3) is 0 Å². The molecule has 0 saturated heterocycles. The minimum atomic E-state index is -4.99. The Morgan fingerprint density at radius 1 is 0.275 bits per heavy atom. The second-order valence-electron chi connectivity index (χ2n) is 27.0. The third-order valence-electron chi connectivity index (χ3n) is 17.0. The summed E-state index contributed by atoms with van der Waals surface area (Å²) in [5, 5.41) is 10.6. The molecule has 0 fully saturated rings. The number of hydrogen-bond acceptors (Lipinski definition) is 15. The van der Waals surface area contributed by atoms with Crippen LogP contribution < -0.4 is 0 Å². The number of phosphoric acid groups is 2. The highest BCUT2D eigenvalue weighted by Gasteiger charge is 2.30. The zero-order valence-electron chi connectivity index (χ0n) is 64.5. The van der Waals surface area contributed by atoms with Crippen LogP contribution in [0, 0.1) is 0 Å². The highest BCUT2D eigenvalue weighted by Crippen LogP contribution is 2.45. The second-order valence-corrected chi connectivity index (χ2v) is 29.9. The number of carbonyl (C=O) groups is 4. The smallest absolute Gasteiger partial charge is 0.462 e. The molecule has 19 heteroatoms. The summed E-state index contributed by atoms with van der Waals surface area (Å²) in [6, 6.07) is 0. The Hall–Kier alpha value is -4.02. The molecule has 0 spiro atoms. The van der Waals surface area contributed by atoms with Gasteiger partial charge in [-0.15, -0.1) is 0 Å². The van der Waals surface area contributed by atoms with Gasteiger partial charge in [0.15, 0.2) is 12.2 Å². The molecule has 0 heterocycles. The molecule has 0 saturated carbocycles. The number of aliphatic hydroxyl groups excluding tert-OH is 1. The minimum Gasteiger partial charge on any atom is -0.462 e. The van der Waals surface area contributed by atoms with Crippen molar-refractivity contribution in [2.75, 3.05) is 39.6 Å². The van der Waals surface area contributed by atoms with Crippen molar-refractivity contribution in [3.8, 4) is 0 Å². The molecule has 0 aromatic rings. The number of rotatable bonds is 76. The van der Waals surface area contributed by atoms with Crippen LogP contribution in [0.15, 0.2) is 97.2 Å². The topological polar surface area (TPSA) is 237 Å². The van der Waals surface area contributed by atoms with Crippen LogP contribution >= 0.6 is 15.6 Å². The van der Waals surface area contributed by atoms with Gasteiger partial charge in [0.2, 0.25) is 0 Å². The van der Waals surface area contributed by atoms with E-state index < -0.39 is 97.5 Å². The molecule has 2 unspecified atom stereocenters. The van der Waals surface area contributed by atoms with E-state index in [1.54, 1.807) is 0 Å². The van der Waals surface area contributed by atoms with E-state index in [9.17, 15) is 43.2 Å². The lowest BCUT2D eigenvalue weighted by Gasteiger charge is -2.21. The highest BCUT2D eigenvalue weighted by molar-refractivity contribution is 7.47. The maximum atomic E-state index is 13.1. The van der Waals surface area contributed by atoms with Crippen LogP contribution in [0.2, 0.25) is 0 Å². The van der Waals surface area contributed by atoms with Crippen LogP contribution in [-0.4, -0.2) is 96.7 Å². The first-order valence-electron chi connectivity index (χ1n) is 40.5. The lowest BCUT2D eigenvalue weighted by atomic mass is 10.1. The number of esters is 4. The van der Waals surface area contributed by atoms with Gasteiger partial charge in [0.05, 0.1) is 26.4 Å². The first-order valence-corrected chi connectivity index (χ1v) is 43.5. The van der Waals surface area contributed by atoms with E-state index in [0.717, 1.165) is 148 Å². The summed E-state index contributed by atoms with van der Waals surface area (Å²) < 4.78 is 68.6. The highest BCUT2D eigenvalue weighted by atomic mass is 31.2. The average molecular weight is 1480 g/mol. The molecule has 0 aromatic carbocycles. The molecule has 0 aliphatic rings. The third kappa shape index (κ3) is 74.3. The SMILES string of the molecule is CCCCC/C=C\C/C=C\C/C=C\C/C=C\CCCC(=O)O[C@H](COC(=O)CCCCCCC/C=C\CCCCCCCC)COP(=O)(O)OC[C@@H](O)COP(=O)(O)OC[C@@H](COC(=O)CCCCCCC/C=C\C/C=C\CCCCC)OC(=O)CCCCCCC/C=C\CCCCCCCC. The predicted molar refractivity (Wildman–Crippen MR) is 418 cm³/mol. The van der Waals surface area contributed by atoms with Crippen LogP contribution in [0.1, 0.15) is 349 Å². The fourth-order valence-corrected chi connectivity index (χ4v) is 12.3. The van der Waals surface area contributed by atoms with Crippen molar-refractivity contribution in [3.63, 3.8) is 0 Å². The summed E-state index contributed by atoms with van der Waals surface area (Å²) in [4.78, 5) is 73.0. The first-order chi connectivity index (χ1) is 49.7. The number of hydrogen-bond donors (Lipinski definition) is 3. The summed E-state index contributed by atoms with van der Waals surface area (Å²) in [5.41, 5.74) is 0.